The van der Waals surface area contributed by atoms with Crippen molar-refractivity contribution in [2.24, 2.45) is 0 Å². The van der Waals surface area contributed by atoms with Gasteiger partial charge in [0, 0.05) is 19.6 Å². The van der Waals surface area contributed by atoms with Crippen LogP contribution in [0.25, 0.3) is 0 Å². The van der Waals surface area contributed by atoms with Crippen LogP contribution in [0.2, 0.25) is 0 Å². The minimum Gasteiger partial charge on any atom is -0.495 e. The monoisotopic (exact) mass is 335 g/mol. The first kappa shape index (κ1) is 19.8. The first-order valence-corrected chi connectivity index (χ1v) is 6.55. The molecule has 1 aliphatic rings. The molecule has 0 saturated carbocycles. The molecular weight excluding hydrogens is 313 g/mol. The Morgan fingerprint density at radius 2 is 2.14 bits per heavy atom. The Labute approximate surface area is 138 Å². The van der Waals surface area contributed by atoms with Crippen LogP contribution in [0, 0.1) is 0 Å². The molecule has 1 fully saturated rings. The zero-order valence-corrected chi connectivity index (χ0v) is 13.9. The molecule has 0 aromatic heterocycles. The first-order chi connectivity index (χ1) is 9.22. The van der Waals surface area contributed by atoms with Crippen molar-refractivity contribution in [3.63, 3.8) is 0 Å². The number of hydrogen-bond donors (Lipinski definition) is 2. The van der Waals surface area contributed by atoms with Gasteiger partial charge in [0.05, 0.1) is 19.3 Å². The quantitative estimate of drug-likeness (QED) is 0.861. The lowest BCUT2D eigenvalue weighted by molar-refractivity contribution is -0.129. The minimum atomic E-state index is 0. The summed E-state index contributed by atoms with van der Waals surface area (Å²) in [7, 11) is 3.49. The summed E-state index contributed by atoms with van der Waals surface area (Å²) in [5, 5.41) is 6.40. The lowest BCUT2D eigenvalue weighted by Gasteiger charge is -2.24. The van der Waals surface area contributed by atoms with Crippen LogP contribution in [0.1, 0.15) is 6.42 Å². The fourth-order valence-electron chi connectivity index (χ4n) is 2.26. The van der Waals surface area contributed by atoms with Crippen LogP contribution in [0.15, 0.2) is 24.3 Å². The van der Waals surface area contributed by atoms with E-state index in [0.717, 1.165) is 30.9 Å². The highest BCUT2D eigenvalue weighted by molar-refractivity contribution is 5.85. The number of carbonyl (C=O) groups excluding carboxylic acids is 1. The van der Waals surface area contributed by atoms with Gasteiger partial charge < -0.3 is 20.3 Å². The molecule has 1 amide bonds. The van der Waals surface area contributed by atoms with Crippen molar-refractivity contribution in [2.75, 3.05) is 39.1 Å². The fraction of sp³-hybridized carbons (Fsp3) is 0.500. The summed E-state index contributed by atoms with van der Waals surface area (Å²) in [6, 6.07) is 7.91. The van der Waals surface area contributed by atoms with Gasteiger partial charge in [0.15, 0.2) is 0 Å². The van der Waals surface area contributed by atoms with Gasteiger partial charge in [-0.1, -0.05) is 12.1 Å². The molecule has 1 heterocycles. The van der Waals surface area contributed by atoms with Gasteiger partial charge >= 0.3 is 0 Å². The number of carbonyl (C=O) groups is 1. The Bertz CT molecular complexity index is 440. The Morgan fingerprint density at radius 3 is 2.76 bits per heavy atom. The molecule has 21 heavy (non-hydrogen) atoms. The van der Waals surface area contributed by atoms with E-state index in [0.29, 0.717) is 6.04 Å². The number of hydrogen-bond acceptors (Lipinski definition) is 4. The van der Waals surface area contributed by atoms with Gasteiger partial charge in [-0.3, -0.25) is 4.79 Å². The van der Waals surface area contributed by atoms with E-state index >= 15 is 0 Å². The highest BCUT2D eigenvalue weighted by atomic mass is 35.5. The van der Waals surface area contributed by atoms with E-state index in [1.807, 2.05) is 36.2 Å². The van der Waals surface area contributed by atoms with Gasteiger partial charge in [0.1, 0.15) is 5.75 Å². The maximum absolute atomic E-state index is 12.1. The average Bonchev–Trinajstić information content (AvgIpc) is 2.98. The summed E-state index contributed by atoms with van der Waals surface area (Å²) in [6.45, 7) is 2.16. The minimum absolute atomic E-state index is 0. The Kier molecular flexibility index (Phi) is 9.17. The average molecular weight is 336 g/mol. The Hall–Kier alpha value is -1.17. The number of nitrogens with one attached hydrogen (secondary N) is 2. The molecule has 2 rings (SSSR count). The van der Waals surface area contributed by atoms with E-state index in [-0.39, 0.29) is 37.3 Å². The maximum atomic E-state index is 12.1. The summed E-state index contributed by atoms with van der Waals surface area (Å²) in [6.07, 6.45) is 1.02. The molecule has 0 aliphatic carbocycles. The van der Waals surface area contributed by atoms with E-state index in [9.17, 15) is 4.79 Å². The first-order valence-electron chi connectivity index (χ1n) is 6.55. The molecular formula is C14H23Cl2N3O2. The van der Waals surface area contributed by atoms with E-state index in [4.69, 9.17) is 4.74 Å². The summed E-state index contributed by atoms with van der Waals surface area (Å²) >= 11 is 0. The van der Waals surface area contributed by atoms with Crippen molar-refractivity contribution in [2.45, 2.75) is 12.5 Å². The standard InChI is InChI=1S/C14H21N3O2.2ClH/c1-17(11-7-8-15-9-11)14(18)10-16-12-5-3-4-6-13(12)19-2;;/h3-6,11,15-16H,7-10H2,1-2H3;2*1H. The number of benzene rings is 1. The lowest BCUT2D eigenvalue weighted by atomic mass is 10.2. The van der Waals surface area contributed by atoms with E-state index in [1.165, 1.54) is 0 Å². The summed E-state index contributed by atoms with van der Waals surface area (Å²) in [4.78, 5) is 13.9. The third kappa shape index (κ3) is 5.26. The van der Waals surface area contributed by atoms with Crippen molar-refractivity contribution < 1.29 is 9.53 Å². The number of likely N-dealkylation sites (N-methyl/N-ethyl adjacent to an activating group) is 1. The lowest BCUT2D eigenvalue weighted by Crippen LogP contribution is -2.41. The number of methoxy groups -OCH3 is 1. The summed E-state index contributed by atoms with van der Waals surface area (Å²) < 4.78 is 5.24. The van der Waals surface area contributed by atoms with Crippen LogP contribution < -0.4 is 15.4 Å². The number of nitrogens with zero attached hydrogens (tertiary/aromatic N) is 1. The van der Waals surface area contributed by atoms with Gasteiger partial charge in [-0.25, -0.2) is 0 Å². The van der Waals surface area contributed by atoms with Crippen LogP contribution in [0.3, 0.4) is 0 Å². The van der Waals surface area contributed by atoms with Gasteiger partial charge in [-0.15, -0.1) is 24.8 Å². The molecule has 1 aromatic carbocycles. The number of amides is 1. The van der Waals surface area contributed by atoms with E-state index in [1.54, 1.807) is 7.11 Å². The summed E-state index contributed by atoms with van der Waals surface area (Å²) in [5.74, 6) is 0.847. The zero-order valence-electron chi connectivity index (χ0n) is 12.3. The van der Waals surface area contributed by atoms with Gasteiger partial charge in [-0.05, 0) is 25.1 Å². The predicted molar refractivity (Wildman–Crippen MR) is 90.0 cm³/mol. The molecule has 7 heteroatoms. The molecule has 1 saturated heterocycles. The van der Waals surface area contributed by atoms with Crippen LogP contribution in [0.4, 0.5) is 5.69 Å². The van der Waals surface area contributed by atoms with E-state index < -0.39 is 0 Å². The Balaban J connectivity index is 0.00000200. The highest BCUT2D eigenvalue weighted by Crippen LogP contribution is 2.22. The van der Waals surface area contributed by atoms with Crippen LogP contribution in [0.5, 0.6) is 5.75 Å². The number of anilines is 1. The molecule has 0 spiro atoms. The topological polar surface area (TPSA) is 53.6 Å². The molecule has 1 atom stereocenters. The fourth-order valence-corrected chi connectivity index (χ4v) is 2.26. The number of rotatable bonds is 5. The van der Waals surface area contributed by atoms with Gasteiger partial charge in [0.25, 0.3) is 0 Å². The van der Waals surface area contributed by atoms with Crippen molar-refractivity contribution >= 4 is 36.4 Å². The van der Waals surface area contributed by atoms with Gasteiger partial charge in [0.2, 0.25) is 5.91 Å². The van der Waals surface area contributed by atoms with Gasteiger partial charge in [-0.2, -0.15) is 0 Å². The third-order valence-corrected chi connectivity index (χ3v) is 3.51. The molecule has 5 nitrogen and oxygen atoms in total. The van der Waals surface area contributed by atoms with Crippen molar-refractivity contribution in [1.29, 1.82) is 0 Å². The smallest absolute Gasteiger partial charge is 0.241 e. The zero-order chi connectivity index (χ0) is 13.7. The normalized spacial score (nSPS) is 16.4. The Morgan fingerprint density at radius 1 is 1.43 bits per heavy atom. The van der Waals surface area contributed by atoms with E-state index in [2.05, 4.69) is 10.6 Å². The second-order valence-corrected chi connectivity index (χ2v) is 4.71. The number of para-hydroxylation sites is 2. The largest absolute Gasteiger partial charge is 0.495 e. The second kappa shape index (κ2) is 9.71. The van der Waals surface area contributed by atoms with Crippen LogP contribution >= 0.6 is 24.8 Å². The highest BCUT2D eigenvalue weighted by Gasteiger charge is 2.22. The predicted octanol–water partition coefficient (Wildman–Crippen LogP) is 1.77. The SMILES string of the molecule is COc1ccccc1NCC(=O)N(C)C1CCNC1.Cl.Cl. The van der Waals surface area contributed by atoms with Crippen molar-refractivity contribution in [3.8, 4) is 5.75 Å². The third-order valence-electron chi connectivity index (χ3n) is 3.51. The number of ether oxygens (including phenoxy) is 1. The second-order valence-electron chi connectivity index (χ2n) is 4.71. The number of halogens is 2. The summed E-state index contributed by atoms with van der Waals surface area (Å²) in [5.41, 5.74) is 0.844. The molecule has 1 aromatic rings. The molecule has 1 unspecified atom stereocenters. The van der Waals surface area contributed by atoms with Crippen LogP contribution in [-0.4, -0.2) is 50.6 Å². The molecule has 120 valence electrons. The molecule has 1 aliphatic heterocycles. The molecule has 2 N–H and O–H groups in total. The molecule has 0 radical (unpaired) electrons. The van der Waals surface area contributed by atoms with Crippen LogP contribution in [-0.2, 0) is 4.79 Å². The van der Waals surface area contributed by atoms with Crippen molar-refractivity contribution in [3.05, 3.63) is 24.3 Å². The maximum Gasteiger partial charge on any atom is 0.241 e. The van der Waals surface area contributed by atoms with Crippen molar-refractivity contribution in [1.82, 2.24) is 10.2 Å². The molecule has 0 bridgehead atoms.